The van der Waals surface area contributed by atoms with E-state index < -0.39 is 11.9 Å². The number of amides is 1. The quantitative estimate of drug-likeness (QED) is 0.858. The number of hydrogen-bond acceptors (Lipinski definition) is 3. The van der Waals surface area contributed by atoms with Crippen molar-refractivity contribution in [3.05, 3.63) is 59.7 Å². The highest BCUT2D eigenvalue weighted by Crippen LogP contribution is 2.37. The number of aliphatic carboxylic acids is 1. The second-order valence-electron chi connectivity index (χ2n) is 6.54. The van der Waals surface area contributed by atoms with Crippen LogP contribution in [-0.2, 0) is 9.59 Å². The number of hydrogen-bond donors (Lipinski definition) is 1. The third-order valence-corrected chi connectivity index (χ3v) is 5.07. The lowest BCUT2D eigenvalue weighted by molar-refractivity contribution is -0.138. The minimum absolute atomic E-state index is 0.0381. The maximum Gasteiger partial charge on any atom is 0.312 e. The number of anilines is 1. The van der Waals surface area contributed by atoms with E-state index >= 15 is 0 Å². The number of nitrogens with zero attached hydrogens (tertiary/aromatic N) is 1. The molecular weight excluding hydrogens is 330 g/mol. The van der Waals surface area contributed by atoms with Crippen molar-refractivity contribution < 1.29 is 19.4 Å². The van der Waals surface area contributed by atoms with Crippen molar-refractivity contribution in [3.63, 3.8) is 0 Å². The molecular formula is C21H23NO4. The summed E-state index contributed by atoms with van der Waals surface area (Å²) in [5, 5.41) is 9.47. The van der Waals surface area contributed by atoms with Gasteiger partial charge in [-0.05, 0) is 41.7 Å². The minimum Gasteiger partial charge on any atom is -0.497 e. The average molecular weight is 353 g/mol. The first-order valence-corrected chi connectivity index (χ1v) is 8.81. The molecule has 3 rings (SSSR count). The summed E-state index contributed by atoms with van der Waals surface area (Å²) < 4.78 is 5.19. The van der Waals surface area contributed by atoms with Crippen LogP contribution in [0.3, 0.4) is 0 Å². The standard InChI is InChI=1S/C21H23NO4/c1-3-14(15-8-10-16(26-2)11-9-15)12-20(23)22-13-18(21(24)25)17-6-4-5-7-19(17)22/h4-11,14,18H,3,12-13H2,1-2H3,(H,24,25). The first-order valence-electron chi connectivity index (χ1n) is 8.81. The summed E-state index contributed by atoms with van der Waals surface area (Å²) in [5.74, 6) is -0.716. The monoisotopic (exact) mass is 353 g/mol. The molecule has 2 aromatic carbocycles. The van der Waals surface area contributed by atoms with E-state index in [1.165, 1.54) is 0 Å². The van der Waals surface area contributed by atoms with Gasteiger partial charge >= 0.3 is 5.97 Å². The lowest BCUT2D eigenvalue weighted by Crippen LogP contribution is -2.32. The number of carbonyl (C=O) groups excluding carboxylic acids is 1. The number of para-hydroxylation sites is 1. The predicted octanol–water partition coefficient (Wildman–Crippen LogP) is 3.79. The Kier molecular flexibility index (Phi) is 5.26. The summed E-state index contributed by atoms with van der Waals surface area (Å²) >= 11 is 0. The number of carboxylic acids is 1. The number of benzene rings is 2. The van der Waals surface area contributed by atoms with Crippen LogP contribution in [-0.4, -0.2) is 30.6 Å². The van der Waals surface area contributed by atoms with Crippen LogP contribution in [0.2, 0.25) is 0 Å². The maximum atomic E-state index is 13.0. The first-order chi connectivity index (χ1) is 12.5. The van der Waals surface area contributed by atoms with Gasteiger partial charge in [-0.2, -0.15) is 0 Å². The Morgan fingerprint density at radius 3 is 2.50 bits per heavy atom. The van der Waals surface area contributed by atoms with E-state index in [1.54, 1.807) is 18.1 Å². The van der Waals surface area contributed by atoms with Crippen molar-refractivity contribution in [3.8, 4) is 5.75 Å². The summed E-state index contributed by atoms with van der Waals surface area (Å²) in [5.41, 5.74) is 2.52. The van der Waals surface area contributed by atoms with Crippen LogP contribution < -0.4 is 9.64 Å². The highest BCUT2D eigenvalue weighted by molar-refractivity contribution is 5.99. The van der Waals surface area contributed by atoms with Gasteiger partial charge in [0.15, 0.2) is 0 Å². The van der Waals surface area contributed by atoms with Gasteiger partial charge in [0.05, 0.1) is 7.11 Å². The molecule has 2 atom stereocenters. The SMILES string of the molecule is CCC(CC(=O)N1CC(C(=O)O)c2ccccc21)c1ccc(OC)cc1. The highest BCUT2D eigenvalue weighted by atomic mass is 16.5. The Morgan fingerprint density at radius 2 is 1.88 bits per heavy atom. The Bertz CT molecular complexity index is 800. The van der Waals surface area contributed by atoms with Gasteiger partial charge in [-0.25, -0.2) is 0 Å². The molecule has 1 amide bonds. The van der Waals surface area contributed by atoms with E-state index in [0.717, 1.165) is 23.4 Å². The molecule has 1 aliphatic heterocycles. The number of ether oxygens (including phenoxy) is 1. The zero-order chi connectivity index (χ0) is 18.7. The normalized spacial score (nSPS) is 16.8. The topological polar surface area (TPSA) is 66.8 Å². The van der Waals surface area contributed by atoms with Crippen LogP contribution in [0, 0.1) is 0 Å². The Hall–Kier alpha value is -2.82. The smallest absolute Gasteiger partial charge is 0.312 e. The third kappa shape index (κ3) is 3.43. The number of fused-ring (bicyclic) bond motifs is 1. The van der Waals surface area contributed by atoms with Crippen molar-refractivity contribution in [2.24, 2.45) is 0 Å². The molecule has 0 bridgehead atoms. The number of methoxy groups -OCH3 is 1. The summed E-state index contributed by atoms with van der Waals surface area (Å²) in [6.07, 6.45) is 1.18. The van der Waals surface area contributed by atoms with E-state index in [1.807, 2.05) is 42.5 Å². The van der Waals surface area contributed by atoms with Crippen molar-refractivity contribution in [2.45, 2.75) is 31.6 Å². The molecule has 26 heavy (non-hydrogen) atoms. The number of rotatable bonds is 6. The largest absolute Gasteiger partial charge is 0.497 e. The van der Waals surface area contributed by atoms with Crippen molar-refractivity contribution in [2.75, 3.05) is 18.6 Å². The first kappa shape index (κ1) is 18.0. The van der Waals surface area contributed by atoms with Gasteiger partial charge in [-0.1, -0.05) is 37.3 Å². The molecule has 2 aromatic rings. The van der Waals surface area contributed by atoms with Crippen LogP contribution in [0.4, 0.5) is 5.69 Å². The molecule has 0 saturated carbocycles. The summed E-state index contributed by atoms with van der Waals surface area (Å²) in [7, 11) is 1.62. The van der Waals surface area contributed by atoms with Crippen LogP contribution in [0.1, 0.15) is 42.7 Å². The lowest BCUT2D eigenvalue weighted by atomic mass is 9.92. The van der Waals surface area contributed by atoms with Gasteiger partial charge in [-0.15, -0.1) is 0 Å². The van der Waals surface area contributed by atoms with Gasteiger partial charge < -0.3 is 14.7 Å². The molecule has 136 valence electrons. The summed E-state index contributed by atoms with van der Waals surface area (Å²) in [4.78, 5) is 26.1. The van der Waals surface area contributed by atoms with E-state index in [9.17, 15) is 14.7 Å². The average Bonchev–Trinajstić information content (AvgIpc) is 3.06. The third-order valence-electron chi connectivity index (χ3n) is 5.07. The van der Waals surface area contributed by atoms with Gasteiger partial charge in [0.2, 0.25) is 5.91 Å². The molecule has 0 aliphatic carbocycles. The van der Waals surface area contributed by atoms with Gasteiger partial charge in [-0.3, -0.25) is 9.59 Å². The fourth-order valence-corrected chi connectivity index (χ4v) is 3.55. The van der Waals surface area contributed by atoms with Crippen molar-refractivity contribution >= 4 is 17.6 Å². The summed E-state index contributed by atoms with van der Waals surface area (Å²) in [6.45, 7) is 2.26. The molecule has 1 aliphatic rings. The zero-order valence-electron chi connectivity index (χ0n) is 15.0. The minimum atomic E-state index is -0.894. The molecule has 5 heteroatoms. The highest BCUT2D eigenvalue weighted by Gasteiger charge is 2.36. The molecule has 0 radical (unpaired) electrons. The molecule has 1 N–H and O–H groups in total. The molecule has 5 nitrogen and oxygen atoms in total. The predicted molar refractivity (Wildman–Crippen MR) is 99.8 cm³/mol. The van der Waals surface area contributed by atoms with E-state index in [2.05, 4.69) is 6.92 Å². The van der Waals surface area contributed by atoms with E-state index in [4.69, 9.17) is 4.74 Å². The fraction of sp³-hybridized carbons (Fsp3) is 0.333. The van der Waals surface area contributed by atoms with Crippen LogP contribution in [0.5, 0.6) is 5.75 Å². The molecule has 0 saturated heterocycles. The van der Waals surface area contributed by atoms with Crippen LogP contribution in [0.25, 0.3) is 0 Å². The van der Waals surface area contributed by atoms with Crippen LogP contribution in [0.15, 0.2) is 48.5 Å². The zero-order valence-corrected chi connectivity index (χ0v) is 15.0. The number of carboxylic acid groups (broad SMARTS) is 1. The molecule has 0 spiro atoms. The second-order valence-corrected chi connectivity index (χ2v) is 6.54. The Morgan fingerprint density at radius 1 is 1.19 bits per heavy atom. The molecule has 0 aromatic heterocycles. The van der Waals surface area contributed by atoms with Crippen molar-refractivity contribution in [1.82, 2.24) is 0 Å². The Labute approximate surface area is 153 Å². The number of carbonyl (C=O) groups is 2. The van der Waals surface area contributed by atoms with Gasteiger partial charge in [0.25, 0.3) is 0 Å². The van der Waals surface area contributed by atoms with Crippen molar-refractivity contribution in [1.29, 1.82) is 0 Å². The lowest BCUT2D eigenvalue weighted by Gasteiger charge is -2.22. The molecule has 2 unspecified atom stereocenters. The molecule has 0 fully saturated rings. The maximum absolute atomic E-state index is 13.0. The second kappa shape index (κ2) is 7.60. The van der Waals surface area contributed by atoms with E-state index in [0.29, 0.717) is 12.0 Å². The van der Waals surface area contributed by atoms with Gasteiger partial charge in [0, 0.05) is 18.7 Å². The molecule has 1 heterocycles. The summed E-state index contributed by atoms with van der Waals surface area (Å²) in [6, 6.07) is 15.0. The van der Waals surface area contributed by atoms with Crippen LogP contribution >= 0.6 is 0 Å². The Balaban J connectivity index is 1.79. The van der Waals surface area contributed by atoms with E-state index in [-0.39, 0.29) is 18.4 Å². The van der Waals surface area contributed by atoms with Gasteiger partial charge in [0.1, 0.15) is 11.7 Å². The fourth-order valence-electron chi connectivity index (χ4n) is 3.55.